The summed E-state index contributed by atoms with van der Waals surface area (Å²) in [5.74, 6) is 0.367. The lowest BCUT2D eigenvalue weighted by atomic mass is 10.0. The average Bonchev–Trinajstić information content (AvgIpc) is 2.66. The molecule has 1 saturated heterocycles. The molecular weight excluding hydrogens is 212 g/mol. The SMILES string of the molecule is O=C(CCC1=CCNCC1)N1CCCCCC1. The first-order valence-corrected chi connectivity index (χ1v) is 7.02. The maximum atomic E-state index is 12.1. The molecule has 2 aliphatic rings. The van der Waals surface area contributed by atoms with Gasteiger partial charge in [-0.2, -0.15) is 0 Å². The fourth-order valence-corrected chi connectivity index (χ4v) is 2.64. The summed E-state index contributed by atoms with van der Waals surface area (Å²) < 4.78 is 0. The molecule has 2 rings (SSSR count). The number of carbonyl (C=O) groups is 1. The monoisotopic (exact) mass is 236 g/mol. The molecule has 0 radical (unpaired) electrons. The Hall–Kier alpha value is -0.830. The lowest BCUT2D eigenvalue weighted by molar-refractivity contribution is -0.131. The Labute approximate surface area is 104 Å². The molecule has 0 bridgehead atoms. The zero-order valence-corrected chi connectivity index (χ0v) is 10.7. The van der Waals surface area contributed by atoms with Crippen LogP contribution in [0.5, 0.6) is 0 Å². The number of nitrogens with zero attached hydrogens (tertiary/aromatic N) is 1. The molecule has 0 spiro atoms. The summed E-state index contributed by atoms with van der Waals surface area (Å²) in [4.78, 5) is 14.2. The molecule has 0 atom stereocenters. The first-order chi connectivity index (χ1) is 8.36. The first kappa shape index (κ1) is 12.6. The minimum absolute atomic E-state index is 0.367. The molecule has 1 amide bonds. The Balaban J connectivity index is 1.73. The van der Waals surface area contributed by atoms with E-state index in [1.54, 1.807) is 0 Å². The Morgan fingerprint density at radius 2 is 2.00 bits per heavy atom. The molecule has 1 fully saturated rings. The van der Waals surface area contributed by atoms with E-state index in [9.17, 15) is 4.79 Å². The van der Waals surface area contributed by atoms with Gasteiger partial charge in [0.25, 0.3) is 0 Å². The number of amides is 1. The van der Waals surface area contributed by atoms with E-state index < -0.39 is 0 Å². The maximum absolute atomic E-state index is 12.1. The van der Waals surface area contributed by atoms with Gasteiger partial charge in [0.05, 0.1) is 0 Å². The van der Waals surface area contributed by atoms with Gasteiger partial charge in [0.1, 0.15) is 0 Å². The van der Waals surface area contributed by atoms with Crippen molar-refractivity contribution in [3.63, 3.8) is 0 Å². The second kappa shape index (κ2) is 6.80. The quantitative estimate of drug-likeness (QED) is 0.761. The van der Waals surface area contributed by atoms with Gasteiger partial charge in [0.2, 0.25) is 5.91 Å². The molecule has 2 aliphatic heterocycles. The Morgan fingerprint density at radius 1 is 1.24 bits per heavy atom. The fraction of sp³-hybridized carbons (Fsp3) is 0.786. The van der Waals surface area contributed by atoms with E-state index in [1.807, 2.05) is 0 Å². The third-order valence-electron chi connectivity index (χ3n) is 3.78. The van der Waals surface area contributed by atoms with Gasteiger partial charge in [-0.15, -0.1) is 0 Å². The molecule has 3 heteroatoms. The standard InChI is InChI=1S/C14H24N2O/c17-14(16-11-3-1-2-4-12-16)6-5-13-7-9-15-10-8-13/h7,15H,1-6,8-12H2. The molecule has 0 aromatic carbocycles. The topological polar surface area (TPSA) is 32.3 Å². The lowest BCUT2D eigenvalue weighted by Gasteiger charge is -2.21. The van der Waals surface area contributed by atoms with Crippen LogP contribution in [-0.2, 0) is 4.79 Å². The zero-order valence-electron chi connectivity index (χ0n) is 10.7. The summed E-state index contributed by atoms with van der Waals surface area (Å²) in [6.07, 6.45) is 10.0. The number of rotatable bonds is 3. The van der Waals surface area contributed by atoms with E-state index >= 15 is 0 Å². The van der Waals surface area contributed by atoms with Crippen molar-refractivity contribution in [2.24, 2.45) is 0 Å². The van der Waals surface area contributed by atoms with Gasteiger partial charge < -0.3 is 10.2 Å². The zero-order chi connectivity index (χ0) is 11.9. The van der Waals surface area contributed by atoms with Crippen LogP contribution in [0.15, 0.2) is 11.6 Å². The fourth-order valence-electron chi connectivity index (χ4n) is 2.64. The minimum Gasteiger partial charge on any atom is -0.343 e. The van der Waals surface area contributed by atoms with Crippen molar-refractivity contribution in [2.75, 3.05) is 26.2 Å². The van der Waals surface area contributed by atoms with Crippen LogP contribution in [0.1, 0.15) is 44.9 Å². The van der Waals surface area contributed by atoms with Gasteiger partial charge in [0.15, 0.2) is 0 Å². The van der Waals surface area contributed by atoms with Gasteiger partial charge in [-0.05, 0) is 32.2 Å². The number of carbonyl (C=O) groups excluding carboxylic acids is 1. The van der Waals surface area contributed by atoms with E-state index in [0.29, 0.717) is 12.3 Å². The number of nitrogens with one attached hydrogen (secondary N) is 1. The van der Waals surface area contributed by atoms with Crippen molar-refractivity contribution in [1.82, 2.24) is 10.2 Å². The lowest BCUT2D eigenvalue weighted by Crippen LogP contribution is -2.31. The largest absolute Gasteiger partial charge is 0.343 e. The summed E-state index contributed by atoms with van der Waals surface area (Å²) in [6.45, 7) is 4.02. The highest BCUT2D eigenvalue weighted by Gasteiger charge is 2.15. The van der Waals surface area contributed by atoms with Crippen LogP contribution in [0.2, 0.25) is 0 Å². The molecule has 0 unspecified atom stereocenters. The third-order valence-corrected chi connectivity index (χ3v) is 3.78. The van der Waals surface area contributed by atoms with Crippen molar-refractivity contribution in [3.8, 4) is 0 Å². The summed E-state index contributed by atoms with van der Waals surface area (Å²) >= 11 is 0. The van der Waals surface area contributed by atoms with Crippen LogP contribution in [-0.4, -0.2) is 37.0 Å². The molecular formula is C14H24N2O. The van der Waals surface area contributed by atoms with Gasteiger partial charge >= 0.3 is 0 Å². The van der Waals surface area contributed by atoms with Crippen molar-refractivity contribution < 1.29 is 4.79 Å². The van der Waals surface area contributed by atoms with Crippen LogP contribution in [0.3, 0.4) is 0 Å². The number of likely N-dealkylation sites (tertiary alicyclic amines) is 1. The summed E-state index contributed by atoms with van der Waals surface area (Å²) in [7, 11) is 0. The number of hydrogen-bond acceptors (Lipinski definition) is 2. The molecule has 3 nitrogen and oxygen atoms in total. The Morgan fingerprint density at radius 3 is 2.65 bits per heavy atom. The van der Waals surface area contributed by atoms with Crippen molar-refractivity contribution >= 4 is 5.91 Å². The Kier molecular flexibility index (Phi) is 5.05. The van der Waals surface area contributed by atoms with E-state index in [2.05, 4.69) is 16.3 Å². The van der Waals surface area contributed by atoms with Crippen molar-refractivity contribution in [2.45, 2.75) is 44.9 Å². The van der Waals surface area contributed by atoms with E-state index in [1.165, 1.54) is 31.3 Å². The van der Waals surface area contributed by atoms with Gasteiger partial charge in [0, 0.05) is 26.1 Å². The smallest absolute Gasteiger partial charge is 0.222 e. The van der Waals surface area contributed by atoms with Crippen LogP contribution in [0.4, 0.5) is 0 Å². The van der Waals surface area contributed by atoms with E-state index in [0.717, 1.165) is 39.0 Å². The summed E-state index contributed by atoms with van der Waals surface area (Å²) in [5, 5.41) is 3.30. The third kappa shape index (κ3) is 4.15. The first-order valence-electron chi connectivity index (χ1n) is 7.02. The summed E-state index contributed by atoms with van der Waals surface area (Å²) in [5.41, 5.74) is 1.46. The molecule has 2 heterocycles. The second-order valence-corrected chi connectivity index (χ2v) is 5.11. The van der Waals surface area contributed by atoms with Crippen molar-refractivity contribution in [3.05, 3.63) is 11.6 Å². The van der Waals surface area contributed by atoms with Gasteiger partial charge in [-0.3, -0.25) is 4.79 Å². The molecule has 0 aliphatic carbocycles. The van der Waals surface area contributed by atoms with Crippen LogP contribution >= 0.6 is 0 Å². The molecule has 17 heavy (non-hydrogen) atoms. The minimum atomic E-state index is 0.367. The Bertz CT molecular complexity index is 278. The molecule has 0 aromatic rings. The van der Waals surface area contributed by atoms with Crippen LogP contribution in [0, 0.1) is 0 Å². The predicted molar refractivity (Wildman–Crippen MR) is 69.9 cm³/mol. The highest BCUT2D eigenvalue weighted by atomic mass is 16.2. The molecule has 0 saturated carbocycles. The second-order valence-electron chi connectivity index (χ2n) is 5.11. The van der Waals surface area contributed by atoms with Gasteiger partial charge in [-0.25, -0.2) is 0 Å². The molecule has 96 valence electrons. The van der Waals surface area contributed by atoms with Crippen LogP contribution in [0.25, 0.3) is 0 Å². The summed E-state index contributed by atoms with van der Waals surface area (Å²) in [6, 6.07) is 0. The van der Waals surface area contributed by atoms with E-state index in [4.69, 9.17) is 0 Å². The normalized spacial score (nSPS) is 21.9. The van der Waals surface area contributed by atoms with E-state index in [-0.39, 0.29) is 0 Å². The molecule has 1 N–H and O–H groups in total. The van der Waals surface area contributed by atoms with Crippen molar-refractivity contribution in [1.29, 1.82) is 0 Å². The average molecular weight is 236 g/mol. The number of hydrogen-bond donors (Lipinski definition) is 1. The van der Waals surface area contributed by atoms with Gasteiger partial charge in [-0.1, -0.05) is 24.5 Å². The highest BCUT2D eigenvalue weighted by molar-refractivity contribution is 5.76. The molecule has 0 aromatic heterocycles. The maximum Gasteiger partial charge on any atom is 0.222 e. The highest BCUT2D eigenvalue weighted by Crippen LogP contribution is 2.15. The predicted octanol–water partition coefficient (Wildman–Crippen LogP) is 2.09. The van der Waals surface area contributed by atoms with Crippen LogP contribution < -0.4 is 5.32 Å².